The van der Waals surface area contributed by atoms with Crippen molar-refractivity contribution in [2.24, 2.45) is 11.1 Å². The number of fused-ring (bicyclic) bond motifs is 7. The number of carbonyl (C=O) groups is 2. The largest absolute Gasteiger partial charge is 0.497 e. The van der Waals surface area contributed by atoms with Crippen LogP contribution in [0, 0.1) is 5.41 Å². The first-order valence-corrected chi connectivity index (χ1v) is 13.4. The van der Waals surface area contributed by atoms with Gasteiger partial charge < -0.3 is 15.0 Å². The van der Waals surface area contributed by atoms with Crippen LogP contribution in [-0.2, 0) is 11.3 Å². The Kier molecular flexibility index (Phi) is 5.85. The number of Topliss-reactive ketones (excluding diaryl/α,β-unsaturated/α-hetero) is 1. The number of nitrogens with two attached hydrogens (primary N) is 1. The molecule has 1 aliphatic heterocycles. The minimum absolute atomic E-state index is 0.0316. The monoisotopic (exact) mass is 524 g/mol. The van der Waals surface area contributed by atoms with E-state index in [1.165, 1.54) is 12.0 Å². The van der Waals surface area contributed by atoms with E-state index in [4.69, 9.17) is 10.5 Å². The molecule has 8 heteroatoms. The van der Waals surface area contributed by atoms with E-state index in [9.17, 15) is 22.8 Å². The average molecular weight is 525 g/mol. The highest BCUT2D eigenvalue weighted by atomic mass is 19.4. The fourth-order valence-corrected chi connectivity index (χ4v) is 6.90. The predicted octanol–water partition coefficient (Wildman–Crippen LogP) is 6.86. The molecule has 0 spiro atoms. The quantitative estimate of drug-likeness (QED) is 0.358. The number of aromatic nitrogens is 1. The average Bonchev–Trinajstić information content (AvgIpc) is 3.58. The van der Waals surface area contributed by atoms with E-state index in [1.807, 2.05) is 18.2 Å². The molecule has 0 radical (unpaired) electrons. The van der Waals surface area contributed by atoms with Gasteiger partial charge in [-0.2, -0.15) is 13.2 Å². The molecule has 2 saturated carbocycles. The summed E-state index contributed by atoms with van der Waals surface area (Å²) in [5, 5.41) is 1.000. The number of ether oxygens (including phenoxy) is 1. The number of amides is 1. The van der Waals surface area contributed by atoms with Gasteiger partial charge in [-0.25, -0.2) is 0 Å². The summed E-state index contributed by atoms with van der Waals surface area (Å²) in [5.41, 5.74) is 10.6. The lowest BCUT2D eigenvalue weighted by Gasteiger charge is -2.24. The van der Waals surface area contributed by atoms with Crippen molar-refractivity contribution in [3.05, 3.63) is 53.1 Å². The fraction of sp³-hybridized carbons (Fsp3) is 0.467. The van der Waals surface area contributed by atoms with Crippen LogP contribution in [0.25, 0.3) is 22.2 Å². The van der Waals surface area contributed by atoms with Gasteiger partial charge in [-0.3, -0.25) is 9.59 Å². The third kappa shape index (κ3) is 4.00. The maximum absolute atomic E-state index is 12.9. The number of primary amides is 1. The van der Waals surface area contributed by atoms with Crippen LogP contribution in [-0.4, -0.2) is 29.5 Å². The lowest BCUT2D eigenvalue weighted by molar-refractivity contribution is -0.133. The Morgan fingerprint density at radius 1 is 1.11 bits per heavy atom. The summed E-state index contributed by atoms with van der Waals surface area (Å²) in [4.78, 5) is 25.7. The van der Waals surface area contributed by atoms with Gasteiger partial charge in [0.1, 0.15) is 5.75 Å². The van der Waals surface area contributed by atoms with E-state index in [0.717, 1.165) is 59.2 Å². The summed E-state index contributed by atoms with van der Waals surface area (Å²) < 4.78 is 46.1. The van der Waals surface area contributed by atoms with Gasteiger partial charge in [0.2, 0.25) is 5.91 Å². The Labute approximate surface area is 219 Å². The standard InChI is InChI=1S/C30H31F3N2O3/c1-38-19-8-10-20-22(14-19)23-15-29(23,28(34)37)16-35-24-13-18(25(36)11-12-30(31,32)33)7-9-21(24)26(27(20)35)17-5-3-2-4-6-17/h7-10,13-14,17,23H,2-6,11-12,15-16H2,1H3,(H2,34,37). The molecule has 2 atom stereocenters. The first-order chi connectivity index (χ1) is 18.1. The number of benzene rings is 2. The van der Waals surface area contributed by atoms with Crippen LogP contribution in [0.15, 0.2) is 36.4 Å². The molecule has 2 unspecified atom stereocenters. The molecule has 38 heavy (non-hydrogen) atoms. The van der Waals surface area contributed by atoms with Crippen molar-refractivity contribution < 1.29 is 27.5 Å². The molecule has 2 N–H and O–H groups in total. The summed E-state index contributed by atoms with van der Waals surface area (Å²) in [5.74, 6) is 0.114. The molecule has 3 aromatic rings. The van der Waals surface area contributed by atoms with Crippen molar-refractivity contribution in [2.45, 2.75) is 75.9 Å². The predicted molar refractivity (Wildman–Crippen MR) is 138 cm³/mol. The molecule has 200 valence electrons. The normalized spacial score (nSPS) is 22.8. The van der Waals surface area contributed by atoms with Gasteiger partial charge in [0.15, 0.2) is 5.78 Å². The van der Waals surface area contributed by atoms with E-state index in [1.54, 1.807) is 19.2 Å². The molecule has 2 heterocycles. The van der Waals surface area contributed by atoms with Crippen LogP contribution in [0.5, 0.6) is 5.75 Å². The lowest BCUT2D eigenvalue weighted by atomic mass is 9.81. The smallest absolute Gasteiger partial charge is 0.389 e. The van der Waals surface area contributed by atoms with Crippen LogP contribution in [0.2, 0.25) is 0 Å². The van der Waals surface area contributed by atoms with Crippen LogP contribution >= 0.6 is 0 Å². The Bertz CT molecular complexity index is 1450. The molecule has 2 aromatic carbocycles. The van der Waals surface area contributed by atoms with E-state index in [0.29, 0.717) is 18.9 Å². The SMILES string of the molecule is COc1ccc2c(c1)C1CC1(C(N)=O)Cn1c-2c(C2CCCCC2)c2ccc(C(=O)CCC(F)(F)F)cc21. The van der Waals surface area contributed by atoms with Gasteiger partial charge in [0.05, 0.1) is 24.6 Å². The zero-order valence-corrected chi connectivity index (χ0v) is 21.4. The highest BCUT2D eigenvalue weighted by molar-refractivity contribution is 6.02. The Morgan fingerprint density at radius 3 is 2.55 bits per heavy atom. The Morgan fingerprint density at radius 2 is 1.87 bits per heavy atom. The number of halogens is 3. The number of ketones is 1. The first kappa shape index (κ1) is 25.0. The van der Waals surface area contributed by atoms with Gasteiger partial charge in [-0.15, -0.1) is 0 Å². The van der Waals surface area contributed by atoms with Gasteiger partial charge in [0.25, 0.3) is 0 Å². The number of hydrogen-bond donors (Lipinski definition) is 1. The molecule has 2 fully saturated rings. The van der Waals surface area contributed by atoms with Crippen molar-refractivity contribution in [1.29, 1.82) is 0 Å². The number of rotatable bonds is 6. The molecule has 6 rings (SSSR count). The van der Waals surface area contributed by atoms with Gasteiger partial charge in [-0.1, -0.05) is 31.4 Å². The zero-order valence-electron chi connectivity index (χ0n) is 21.4. The van der Waals surface area contributed by atoms with Gasteiger partial charge >= 0.3 is 6.18 Å². The number of alkyl halides is 3. The van der Waals surface area contributed by atoms with Crippen LogP contribution in [0.1, 0.15) is 84.7 Å². The van der Waals surface area contributed by atoms with Gasteiger partial charge in [-0.05, 0) is 60.6 Å². The minimum Gasteiger partial charge on any atom is -0.497 e. The molecule has 0 bridgehead atoms. The fourth-order valence-electron chi connectivity index (χ4n) is 6.90. The Hall–Kier alpha value is -3.29. The number of hydrogen-bond acceptors (Lipinski definition) is 3. The third-order valence-corrected chi connectivity index (χ3v) is 8.97. The first-order valence-electron chi connectivity index (χ1n) is 13.4. The van der Waals surface area contributed by atoms with Crippen molar-refractivity contribution >= 4 is 22.6 Å². The molecule has 5 nitrogen and oxygen atoms in total. The zero-order chi connectivity index (χ0) is 26.8. The van der Waals surface area contributed by atoms with E-state index >= 15 is 0 Å². The van der Waals surface area contributed by atoms with Crippen LogP contribution < -0.4 is 10.5 Å². The van der Waals surface area contributed by atoms with E-state index in [2.05, 4.69) is 10.6 Å². The second-order valence-electron chi connectivity index (χ2n) is 11.2. The van der Waals surface area contributed by atoms with Crippen LogP contribution in [0.4, 0.5) is 13.2 Å². The van der Waals surface area contributed by atoms with Crippen molar-refractivity contribution in [1.82, 2.24) is 4.57 Å². The van der Waals surface area contributed by atoms with Crippen LogP contribution in [0.3, 0.4) is 0 Å². The van der Waals surface area contributed by atoms with Gasteiger partial charge in [0, 0.05) is 40.9 Å². The van der Waals surface area contributed by atoms with Crippen molar-refractivity contribution in [3.8, 4) is 17.0 Å². The molecule has 1 amide bonds. The molecule has 0 saturated heterocycles. The second-order valence-corrected chi connectivity index (χ2v) is 11.2. The summed E-state index contributed by atoms with van der Waals surface area (Å²) in [7, 11) is 1.62. The van der Waals surface area contributed by atoms with E-state index in [-0.39, 0.29) is 17.4 Å². The number of nitrogens with zero attached hydrogens (tertiary/aromatic N) is 1. The summed E-state index contributed by atoms with van der Waals surface area (Å²) in [6.45, 7) is 0.378. The Balaban J connectivity index is 1.58. The molecular formula is C30H31F3N2O3. The second kappa shape index (κ2) is 8.89. The maximum Gasteiger partial charge on any atom is 0.389 e. The number of carbonyl (C=O) groups excluding carboxylic acids is 2. The third-order valence-electron chi connectivity index (χ3n) is 8.97. The molecule has 3 aliphatic rings. The summed E-state index contributed by atoms with van der Waals surface area (Å²) >= 11 is 0. The van der Waals surface area contributed by atoms with Crippen molar-refractivity contribution in [3.63, 3.8) is 0 Å². The summed E-state index contributed by atoms with van der Waals surface area (Å²) in [6.07, 6.45) is 0.0665. The molecular weight excluding hydrogens is 493 g/mol. The molecule has 1 aromatic heterocycles. The highest BCUT2D eigenvalue weighted by Crippen LogP contribution is 2.65. The van der Waals surface area contributed by atoms with E-state index < -0.39 is 30.2 Å². The maximum atomic E-state index is 12.9. The summed E-state index contributed by atoms with van der Waals surface area (Å²) in [6, 6.07) is 11.3. The van der Waals surface area contributed by atoms with Crippen molar-refractivity contribution in [2.75, 3.05) is 7.11 Å². The number of methoxy groups -OCH3 is 1. The molecule has 2 aliphatic carbocycles. The topological polar surface area (TPSA) is 74.3 Å². The highest BCUT2D eigenvalue weighted by Gasteiger charge is 2.62. The minimum atomic E-state index is -4.39. The lowest BCUT2D eigenvalue weighted by Crippen LogP contribution is -2.30.